The van der Waals surface area contributed by atoms with E-state index >= 15 is 0 Å². The molecule has 2 nitrogen and oxygen atoms in total. The van der Waals surface area contributed by atoms with E-state index in [0.29, 0.717) is 12.8 Å². The smallest absolute Gasteiger partial charge is 0.390 e. The molecule has 1 aliphatic rings. The standard InChI is InChI=1S/C14H21F3O2/c1-4-11-8-13(7-6-10(11)3,9-14(15,16)17)12(18)19-5-2/h11H,3-9H2,1-2H3. The number of ether oxygens (including phenoxy) is 1. The molecule has 2 unspecified atom stereocenters. The highest BCUT2D eigenvalue weighted by atomic mass is 19.4. The average Bonchev–Trinajstić information content (AvgIpc) is 2.30. The Morgan fingerprint density at radius 2 is 2.11 bits per heavy atom. The van der Waals surface area contributed by atoms with Crippen molar-refractivity contribution in [1.29, 1.82) is 0 Å². The first-order valence-corrected chi connectivity index (χ1v) is 6.65. The minimum absolute atomic E-state index is 0.0273. The summed E-state index contributed by atoms with van der Waals surface area (Å²) in [5, 5.41) is 0. The Labute approximate surface area is 112 Å². The van der Waals surface area contributed by atoms with Gasteiger partial charge in [0.2, 0.25) is 0 Å². The number of alkyl halides is 3. The van der Waals surface area contributed by atoms with Crippen molar-refractivity contribution >= 4 is 5.97 Å². The molecule has 0 bridgehead atoms. The zero-order valence-corrected chi connectivity index (χ0v) is 11.5. The summed E-state index contributed by atoms with van der Waals surface area (Å²) < 4.78 is 43.2. The lowest BCUT2D eigenvalue weighted by molar-refractivity contribution is -0.187. The normalized spacial score (nSPS) is 28.3. The molecule has 0 saturated heterocycles. The van der Waals surface area contributed by atoms with Crippen LogP contribution >= 0.6 is 0 Å². The van der Waals surface area contributed by atoms with Gasteiger partial charge in [-0.3, -0.25) is 4.79 Å². The minimum Gasteiger partial charge on any atom is -0.466 e. The lowest BCUT2D eigenvalue weighted by Crippen LogP contribution is -2.42. The third-order valence-corrected chi connectivity index (χ3v) is 3.88. The molecule has 0 aromatic carbocycles. The predicted molar refractivity (Wildman–Crippen MR) is 66.5 cm³/mol. The van der Waals surface area contributed by atoms with E-state index in [1.807, 2.05) is 6.92 Å². The number of carbonyl (C=O) groups excluding carboxylic acids is 1. The summed E-state index contributed by atoms with van der Waals surface area (Å²) in [5.74, 6) is -0.737. The third-order valence-electron chi connectivity index (χ3n) is 3.88. The molecule has 0 spiro atoms. The summed E-state index contributed by atoms with van der Waals surface area (Å²) in [6.45, 7) is 7.52. The average molecular weight is 278 g/mol. The van der Waals surface area contributed by atoms with Crippen LogP contribution in [0, 0.1) is 11.3 Å². The fourth-order valence-corrected chi connectivity index (χ4v) is 2.84. The van der Waals surface area contributed by atoms with Crippen LogP contribution in [-0.4, -0.2) is 18.8 Å². The zero-order chi connectivity index (χ0) is 14.7. The summed E-state index contributed by atoms with van der Waals surface area (Å²) in [5.41, 5.74) is -0.472. The van der Waals surface area contributed by atoms with Crippen molar-refractivity contribution < 1.29 is 22.7 Å². The van der Waals surface area contributed by atoms with Crippen molar-refractivity contribution in [2.45, 2.75) is 52.1 Å². The number of esters is 1. The fraction of sp³-hybridized carbons (Fsp3) is 0.786. The molecule has 0 amide bonds. The van der Waals surface area contributed by atoms with E-state index in [-0.39, 0.29) is 25.4 Å². The Morgan fingerprint density at radius 1 is 1.47 bits per heavy atom. The molecule has 1 aliphatic carbocycles. The number of allylic oxidation sites excluding steroid dienone is 1. The van der Waals surface area contributed by atoms with Crippen LogP contribution in [0.25, 0.3) is 0 Å². The Morgan fingerprint density at radius 3 is 2.58 bits per heavy atom. The number of carbonyl (C=O) groups is 1. The summed E-state index contributed by atoms with van der Waals surface area (Å²) in [6.07, 6.45) is -3.90. The van der Waals surface area contributed by atoms with Crippen LogP contribution in [-0.2, 0) is 9.53 Å². The van der Waals surface area contributed by atoms with Crippen molar-refractivity contribution in [1.82, 2.24) is 0 Å². The van der Waals surface area contributed by atoms with Crippen molar-refractivity contribution in [3.8, 4) is 0 Å². The summed E-state index contributed by atoms with van der Waals surface area (Å²) in [7, 11) is 0. The molecule has 0 aromatic rings. The maximum Gasteiger partial charge on any atom is 0.390 e. The van der Waals surface area contributed by atoms with Crippen LogP contribution in [0.15, 0.2) is 12.2 Å². The second kappa shape index (κ2) is 5.97. The first-order valence-electron chi connectivity index (χ1n) is 6.65. The molecule has 0 aromatic heterocycles. The largest absolute Gasteiger partial charge is 0.466 e. The summed E-state index contributed by atoms with van der Waals surface area (Å²) >= 11 is 0. The van der Waals surface area contributed by atoms with Gasteiger partial charge in [0.05, 0.1) is 18.4 Å². The molecule has 2 atom stereocenters. The Kier molecular flexibility index (Phi) is 5.04. The number of hydrogen-bond acceptors (Lipinski definition) is 2. The van der Waals surface area contributed by atoms with E-state index in [9.17, 15) is 18.0 Å². The molecule has 0 heterocycles. The highest BCUT2D eigenvalue weighted by molar-refractivity contribution is 5.77. The van der Waals surface area contributed by atoms with E-state index in [1.54, 1.807) is 6.92 Å². The van der Waals surface area contributed by atoms with Gasteiger partial charge in [0, 0.05) is 0 Å². The fourth-order valence-electron chi connectivity index (χ4n) is 2.84. The van der Waals surface area contributed by atoms with Crippen molar-refractivity contribution in [3.63, 3.8) is 0 Å². The van der Waals surface area contributed by atoms with Crippen LogP contribution in [0.5, 0.6) is 0 Å². The van der Waals surface area contributed by atoms with Crippen molar-refractivity contribution in [2.75, 3.05) is 6.61 Å². The maximum absolute atomic E-state index is 12.8. The lowest BCUT2D eigenvalue weighted by Gasteiger charge is -2.40. The first-order chi connectivity index (χ1) is 8.74. The summed E-state index contributed by atoms with van der Waals surface area (Å²) in [4.78, 5) is 12.0. The van der Waals surface area contributed by atoms with E-state index in [0.717, 1.165) is 5.57 Å². The Balaban J connectivity index is 2.99. The monoisotopic (exact) mass is 278 g/mol. The van der Waals surface area contributed by atoms with Crippen LogP contribution in [0.2, 0.25) is 0 Å². The molecule has 1 saturated carbocycles. The highest BCUT2D eigenvalue weighted by Gasteiger charge is 2.51. The second-order valence-electron chi connectivity index (χ2n) is 5.26. The van der Waals surface area contributed by atoms with E-state index in [2.05, 4.69) is 6.58 Å². The lowest BCUT2D eigenvalue weighted by atomic mass is 9.65. The molecule has 19 heavy (non-hydrogen) atoms. The third kappa shape index (κ3) is 3.98. The topological polar surface area (TPSA) is 26.3 Å². The molecule has 0 radical (unpaired) electrons. The van der Waals surface area contributed by atoms with Crippen LogP contribution in [0.3, 0.4) is 0 Å². The van der Waals surface area contributed by atoms with Crippen LogP contribution in [0.1, 0.15) is 46.0 Å². The van der Waals surface area contributed by atoms with Gasteiger partial charge < -0.3 is 4.74 Å². The quantitative estimate of drug-likeness (QED) is 0.567. The molecular weight excluding hydrogens is 257 g/mol. The molecule has 110 valence electrons. The number of rotatable bonds is 4. The zero-order valence-electron chi connectivity index (χ0n) is 11.5. The molecular formula is C14H21F3O2. The van der Waals surface area contributed by atoms with Crippen molar-refractivity contribution in [3.05, 3.63) is 12.2 Å². The van der Waals surface area contributed by atoms with Crippen LogP contribution < -0.4 is 0 Å². The highest BCUT2D eigenvalue weighted by Crippen LogP contribution is 2.49. The molecule has 1 fully saturated rings. The molecule has 5 heteroatoms. The molecule has 0 N–H and O–H groups in total. The number of halogens is 3. The summed E-state index contributed by atoms with van der Waals surface area (Å²) in [6, 6.07) is 0. The number of hydrogen-bond donors (Lipinski definition) is 0. The van der Waals surface area contributed by atoms with Gasteiger partial charge in [0.1, 0.15) is 0 Å². The van der Waals surface area contributed by atoms with Gasteiger partial charge in [-0.15, -0.1) is 0 Å². The van der Waals surface area contributed by atoms with Gasteiger partial charge in [-0.1, -0.05) is 19.1 Å². The predicted octanol–water partition coefficient (Wildman–Crippen LogP) is 4.25. The van der Waals surface area contributed by atoms with Gasteiger partial charge >= 0.3 is 12.1 Å². The second-order valence-corrected chi connectivity index (χ2v) is 5.26. The Hall–Kier alpha value is -1.00. The van der Waals surface area contributed by atoms with E-state index in [4.69, 9.17) is 4.74 Å². The van der Waals surface area contributed by atoms with E-state index < -0.39 is 24.0 Å². The maximum atomic E-state index is 12.8. The van der Waals surface area contributed by atoms with Crippen molar-refractivity contribution in [2.24, 2.45) is 11.3 Å². The van der Waals surface area contributed by atoms with Gasteiger partial charge in [-0.2, -0.15) is 13.2 Å². The minimum atomic E-state index is -4.36. The molecule has 0 aliphatic heterocycles. The van der Waals surface area contributed by atoms with Crippen LogP contribution in [0.4, 0.5) is 13.2 Å². The molecule has 1 rings (SSSR count). The van der Waals surface area contributed by atoms with Gasteiger partial charge in [0.25, 0.3) is 0 Å². The van der Waals surface area contributed by atoms with Gasteiger partial charge in [0.15, 0.2) is 0 Å². The SMILES string of the molecule is C=C1CCC(CC(F)(F)F)(C(=O)OCC)CC1CC. The van der Waals surface area contributed by atoms with Gasteiger partial charge in [-0.05, 0) is 38.5 Å². The first kappa shape index (κ1) is 16.1. The van der Waals surface area contributed by atoms with Gasteiger partial charge in [-0.25, -0.2) is 0 Å². The Bertz CT molecular complexity index is 349. The van der Waals surface area contributed by atoms with E-state index in [1.165, 1.54) is 0 Å².